The van der Waals surface area contributed by atoms with Crippen LogP contribution < -0.4 is 11.1 Å². The molecule has 0 aliphatic rings. The summed E-state index contributed by atoms with van der Waals surface area (Å²) in [6, 6.07) is 4.74. The number of nitrogen functional groups attached to an aromatic ring is 1. The number of hydrogen-bond donors (Lipinski definition) is 2. The van der Waals surface area contributed by atoms with Crippen molar-refractivity contribution in [2.75, 3.05) is 16.8 Å². The van der Waals surface area contributed by atoms with Gasteiger partial charge in [-0.1, -0.05) is 23.4 Å². The average molecular weight is 377 g/mol. The predicted molar refractivity (Wildman–Crippen MR) is 87.0 cm³/mol. The van der Waals surface area contributed by atoms with Crippen molar-refractivity contribution in [1.29, 1.82) is 0 Å². The number of hydrogen-bond acceptors (Lipinski definition) is 5. The van der Waals surface area contributed by atoms with Crippen LogP contribution in [-0.4, -0.2) is 21.6 Å². The van der Waals surface area contributed by atoms with Crippen molar-refractivity contribution in [3.63, 3.8) is 0 Å². The summed E-state index contributed by atoms with van der Waals surface area (Å²) in [4.78, 5) is 19.9. The average Bonchev–Trinajstić information content (AvgIpc) is 2.45. The molecule has 2 aromatic rings. The summed E-state index contributed by atoms with van der Waals surface area (Å²) in [7, 11) is 0. The van der Waals surface area contributed by atoms with Gasteiger partial charge in [0.05, 0.1) is 16.3 Å². The minimum atomic E-state index is -4.60. The molecule has 10 heteroatoms. The minimum absolute atomic E-state index is 0.00185. The summed E-state index contributed by atoms with van der Waals surface area (Å²) >= 11 is 6.55. The van der Waals surface area contributed by atoms with Crippen LogP contribution in [0.15, 0.2) is 29.4 Å². The second-order valence-electron chi connectivity index (χ2n) is 4.75. The fourth-order valence-electron chi connectivity index (χ4n) is 1.78. The number of aryl methyl sites for hydroxylation is 1. The quantitative estimate of drug-likeness (QED) is 0.627. The van der Waals surface area contributed by atoms with Crippen LogP contribution in [0.5, 0.6) is 0 Å². The second-order valence-corrected chi connectivity index (χ2v) is 6.10. The number of anilines is 2. The van der Waals surface area contributed by atoms with E-state index in [9.17, 15) is 18.0 Å². The van der Waals surface area contributed by atoms with Crippen LogP contribution in [-0.2, 0) is 11.0 Å². The number of benzene rings is 1. The molecule has 0 unspecified atom stereocenters. The number of amides is 1. The molecule has 1 aromatic heterocycles. The van der Waals surface area contributed by atoms with Gasteiger partial charge in [0.2, 0.25) is 5.91 Å². The van der Waals surface area contributed by atoms with E-state index in [4.69, 9.17) is 17.3 Å². The van der Waals surface area contributed by atoms with E-state index in [0.717, 1.165) is 23.9 Å². The van der Waals surface area contributed by atoms with E-state index < -0.39 is 22.7 Å². The van der Waals surface area contributed by atoms with Gasteiger partial charge in [0.25, 0.3) is 0 Å². The molecule has 0 aliphatic heterocycles. The molecule has 0 bridgehead atoms. The van der Waals surface area contributed by atoms with Gasteiger partial charge in [0.1, 0.15) is 5.82 Å². The molecule has 24 heavy (non-hydrogen) atoms. The highest BCUT2D eigenvalue weighted by Crippen LogP contribution is 2.36. The molecule has 2 rings (SSSR count). The highest BCUT2D eigenvalue weighted by Gasteiger charge is 2.33. The Hall–Kier alpha value is -2.00. The molecule has 0 atom stereocenters. The molecule has 0 saturated carbocycles. The van der Waals surface area contributed by atoms with Gasteiger partial charge in [-0.05, 0) is 25.1 Å². The lowest BCUT2D eigenvalue weighted by Gasteiger charge is -2.11. The lowest BCUT2D eigenvalue weighted by Crippen LogP contribution is -2.15. The number of carbonyl (C=O) groups excluding carboxylic acids is 1. The maximum absolute atomic E-state index is 12.8. The fraction of sp³-hybridized carbons (Fsp3) is 0.214. The van der Waals surface area contributed by atoms with Gasteiger partial charge in [0.15, 0.2) is 5.16 Å². The molecule has 128 valence electrons. The molecule has 3 N–H and O–H groups in total. The number of rotatable bonds is 4. The Kier molecular flexibility index (Phi) is 5.55. The van der Waals surface area contributed by atoms with Crippen LogP contribution in [0.3, 0.4) is 0 Å². The number of carbonyl (C=O) groups is 1. The normalized spacial score (nSPS) is 11.4. The predicted octanol–water partition coefficient (Wildman–Crippen LogP) is 3.77. The standard InChI is InChI=1S/C14H12ClF3N4OS/c1-7-4-11(19)22-13(20-7)24-6-12(23)21-8-2-3-10(15)9(5-8)14(16,17)18/h2-5H,6H2,1H3,(H,21,23)(H2,19,20,22). The monoisotopic (exact) mass is 376 g/mol. The van der Waals surface area contributed by atoms with E-state index in [0.29, 0.717) is 10.9 Å². The molecule has 1 aromatic carbocycles. The van der Waals surface area contributed by atoms with Crippen LogP contribution in [0.1, 0.15) is 11.3 Å². The first-order chi connectivity index (χ1) is 11.1. The third kappa shape index (κ3) is 5.00. The number of alkyl halides is 3. The summed E-state index contributed by atoms with van der Waals surface area (Å²) in [6.45, 7) is 1.73. The van der Waals surface area contributed by atoms with Gasteiger partial charge >= 0.3 is 6.18 Å². The Morgan fingerprint density at radius 2 is 2.04 bits per heavy atom. The molecule has 5 nitrogen and oxygen atoms in total. The first kappa shape index (κ1) is 18.3. The van der Waals surface area contributed by atoms with Crippen molar-refractivity contribution < 1.29 is 18.0 Å². The van der Waals surface area contributed by atoms with Gasteiger partial charge in [-0.3, -0.25) is 4.79 Å². The zero-order valence-corrected chi connectivity index (χ0v) is 13.9. The number of thioether (sulfide) groups is 1. The van der Waals surface area contributed by atoms with Crippen molar-refractivity contribution in [3.8, 4) is 0 Å². The number of nitrogens with two attached hydrogens (primary N) is 1. The van der Waals surface area contributed by atoms with Crippen LogP contribution in [0.25, 0.3) is 0 Å². The zero-order valence-electron chi connectivity index (χ0n) is 12.3. The van der Waals surface area contributed by atoms with E-state index in [1.807, 2.05) is 0 Å². The molecule has 0 saturated heterocycles. The summed E-state index contributed by atoms with van der Waals surface area (Å²) < 4.78 is 38.3. The van der Waals surface area contributed by atoms with Crippen molar-refractivity contribution in [2.45, 2.75) is 18.3 Å². The highest BCUT2D eigenvalue weighted by molar-refractivity contribution is 7.99. The molecule has 1 heterocycles. The van der Waals surface area contributed by atoms with E-state index in [2.05, 4.69) is 15.3 Å². The smallest absolute Gasteiger partial charge is 0.384 e. The van der Waals surface area contributed by atoms with E-state index in [1.165, 1.54) is 6.07 Å². The van der Waals surface area contributed by atoms with Crippen molar-refractivity contribution >= 4 is 40.8 Å². The molecule has 0 spiro atoms. The Labute approximate surface area is 144 Å². The van der Waals surface area contributed by atoms with Crippen LogP contribution in [0, 0.1) is 6.92 Å². The van der Waals surface area contributed by atoms with Gasteiger partial charge in [-0.15, -0.1) is 0 Å². The molecule has 1 amide bonds. The number of aromatic nitrogens is 2. The van der Waals surface area contributed by atoms with Gasteiger partial charge in [0, 0.05) is 17.4 Å². The van der Waals surface area contributed by atoms with Crippen molar-refractivity contribution in [2.24, 2.45) is 0 Å². The first-order valence-corrected chi connectivity index (χ1v) is 7.92. The Morgan fingerprint density at radius 1 is 1.33 bits per heavy atom. The molecular weight excluding hydrogens is 365 g/mol. The lowest BCUT2D eigenvalue weighted by atomic mass is 10.2. The number of halogens is 4. The van der Waals surface area contributed by atoms with Crippen LogP contribution in [0.4, 0.5) is 24.7 Å². The number of nitrogens with zero attached hydrogens (tertiary/aromatic N) is 2. The Bertz CT molecular complexity index is 750. The minimum Gasteiger partial charge on any atom is -0.384 e. The third-order valence-corrected chi connectivity index (χ3v) is 3.92. The zero-order chi connectivity index (χ0) is 17.9. The fourth-order valence-corrected chi connectivity index (χ4v) is 2.71. The summed E-state index contributed by atoms with van der Waals surface area (Å²) in [5.74, 6) is -0.301. The SMILES string of the molecule is Cc1cc(N)nc(SCC(=O)Nc2ccc(Cl)c(C(F)(F)F)c2)n1. The van der Waals surface area contributed by atoms with E-state index >= 15 is 0 Å². The summed E-state index contributed by atoms with van der Waals surface area (Å²) in [6.07, 6.45) is -4.60. The van der Waals surface area contributed by atoms with E-state index in [1.54, 1.807) is 13.0 Å². The van der Waals surface area contributed by atoms with Crippen molar-refractivity contribution in [1.82, 2.24) is 9.97 Å². The van der Waals surface area contributed by atoms with E-state index in [-0.39, 0.29) is 17.3 Å². The number of nitrogens with one attached hydrogen (secondary N) is 1. The Balaban J connectivity index is 2.02. The van der Waals surface area contributed by atoms with Gasteiger partial charge in [-0.25, -0.2) is 9.97 Å². The molecule has 0 fully saturated rings. The molecule has 0 aliphatic carbocycles. The first-order valence-electron chi connectivity index (χ1n) is 6.55. The third-order valence-electron chi connectivity index (χ3n) is 2.74. The van der Waals surface area contributed by atoms with Crippen molar-refractivity contribution in [3.05, 3.63) is 40.5 Å². The highest BCUT2D eigenvalue weighted by atomic mass is 35.5. The maximum Gasteiger partial charge on any atom is 0.417 e. The largest absolute Gasteiger partial charge is 0.417 e. The lowest BCUT2D eigenvalue weighted by molar-refractivity contribution is -0.137. The Morgan fingerprint density at radius 3 is 2.67 bits per heavy atom. The van der Waals surface area contributed by atoms with Gasteiger partial charge < -0.3 is 11.1 Å². The maximum atomic E-state index is 12.8. The van der Waals surface area contributed by atoms with Crippen LogP contribution >= 0.6 is 23.4 Å². The summed E-state index contributed by atoms with van der Waals surface area (Å²) in [5, 5.41) is 2.26. The summed E-state index contributed by atoms with van der Waals surface area (Å²) in [5.41, 5.74) is 5.22. The van der Waals surface area contributed by atoms with Gasteiger partial charge in [-0.2, -0.15) is 13.2 Å². The molecular formula is C14H12ClF3N4OS. The van der Waals surface area contributed by atoms with Crippen LogP contribution in [0.2, 0.25) is 5.02 Å². The topological polar surface area (TPSA) is 80.9 Å². The molecule has 0 radical (unpaired) electrons. The second kappa shape index (κ2) is 7.27.